The van der Waals surface area contributed by atoms with Crippen molar-refractivity contribution in [2.24, 2.45) is 0 Å². The number of unbranched alkanes of at least 4 members (excludes halogenated alkanes) is 1. The molecule has 3 nitrogen and oxygen atoms in total. The molecule has 0 fully saturated rings. The summed E-state index contributed by atoms with van der Waals surface area (Å²) in [4.78, 5) is 2.23. The Hall–Kier alpha value is -1.84. The van der Waals surface area contributed by atoms with Crippen molar-refractivity contribution < 1.29 is 4.74 Å². The van der Waals surface area contributed by atoms with Gasteiger partial charge in [-0.1, -0.05) is 30.3 Å². The lowest BCUT2D eigenvalue weighted by Crippen LogP contribution is -2.21. The van der Waals surface area contributed by atoms with Gasteiger partial charge in [-0.05, 0) is 76.8 Å². The smallest absolute Gasteiger partial charge is 0.127 e. The zero-order chi connectivity index (χ0) is 16.5. The Labute approximate surface area is 140 Å². The Kier molecular flexibility index (Phi) is 7.11. The zero-order valence-electron chi connectivity index (χ0n) is 14.5. The highest BCUT2D eigenvalue weighted by Gasteiger charge is 2.05. The molecule has 0 amide bonds. The molecule has 2 aromatic carbocycles. The molecule has 0 spiro atoms. The van der Waals surface area contributed by atoms with Crippen molar-refractivity contribution in [1.29, 1.82) is 0 Å². The molecule has 0 aliphatic rings. The van der Waals surface area contributed by atoms with E-state index in [4.69, 9.17) is 4.74 Å². The van der Waals surface area contributed by atoms with E-state index < -0.39 is 0 Å². The van der Waals surface area contributed by atoms with Crippen molar-refractivity contribution in [2.75, 3.05) is 27.2 Å². The number of ether oxygens (including phenoxy) is 1. The van der Waals surface area contributed by atoms with Crippen molar-refractivity contribution in [3.05, 3.63) is 60.2 Å². The fraction of sp³-hybridized carbons (Fsp3) is 0.400. The highest BCUT2D eigenvalue weighted by Crippen LogP contribution is 2.23. The largest absolute Gasteiger partial charge is 0.457 e. The molecule has 0 bridgehead atoms. The lowest BCUT2D eigenvalue weighted by Gasteiger charge is -2.15. The highest BCUT2D eigenvalue weighted by molar-refractivity contribution is 5.33. The van der Waals surface area contributed by atoms with Crippen molar-refractivity contribution in [3.63, 3.8) is 0 Å². The molecule has 0 aromatic heterocycles. The number of benzene rings is 2. The van der Waals surface area contributed by atoms with Crippen molar-refractivity contribution in [2.45, 2.75) is 25.8 Å². The minimum atomic E-state index is 0.361. The molecule has 0 saturated heterocycles. The monoisotopic (exact) mass is 312 g/mol. The van der Waals surface area contributed by atoms with Crippen LogP contribution in [0, 0.1) is 0 Å². The summed E-state index contributed by atoms with van der Waals surface area (Å²) < 4.78 is 5.82. The standard InChI is InChI=1S/C20H28N2O/c1-17(21-15-7-8-16-22(2)3)18-11-13-20(14-12-18)23-19-9-5-4-6-10-19/h4-6,9-14,17,21H,7-8,15-16H2,1-3H3. The Bertz CT molecular complexity index is 552. The van der Waals surface area contributed by atoms with Crippen LogP contribution in [0.2, 0.25) is 0 Å². The van der Waals surface area contributed by atoms with Gasteiger partial charge in [0.15, 0.2) is 0 Å². The summed E-state index contributed by atoms with van der Waals surface area (Å²) in [5, 5.41) is 3.58. The minimum absolute atomic E-state index is 0.361. The average molecular weight is 312 g/mol. The van der Waals surface area contributed by atoms with Crippen LogP contribution in [0.5, 0.6) is 11.5 Å². The summed E-state index contributed by atoms with van der Waals surface area (Å²) in [7, 11) is 4.24. The maximum atomic E-state index is 5.82. The van der Waals surface area contributed by atoms with Gasteiger partial charge in [0.1, 0.15) is 11.5 Å². The first-order chi connectivity index (χ1) is 11.1. The molecule has 124 valence electrons. The molecule has 1 unspecified atom stereocenters. The second kappa shape index (κ2) is 9.33. The third-order valence-corrected chi connectivity index (χ3v) is 3.84. The topological polar surface area (TPSA) is 24.5 Å². The van der Waals surface area contributed by atoms with Gasteiger partial charge in [0.25, 0.3) is 0 Å². The molecule has 3 heteroatoms. The van der Waals surface area contributed by atoms with Gasteiger partial charge >= 0.3 is 0 Å². The molecule has 0 aliphatic carbocycles. The van der Waals surface area contributed by atoms with Gasteiger partial charge in [0.2, 0.25) is 0 Å². The first-order valence-corrected chi connectivity index (χ1v) is 8.36. The second-order valence-corrected chi connectivity index (χ2v) is 6.17. The highest BCUT2D eigenvalue weighted by atomic mass is 16.5. The van der Waals surface area contributed by atoms with Crippen molar-refractivity contribution in [1.82, 2.24) is 10.2 Å². The zero-order valence-corrected chi connectivity index (χ0v) is 14.5. The number of para-hydroxylation sites is 1. The summed E-state index contributed by atoms with van der Waals surface area (Å²) in [6.45, 7) is 4.41. The van der Waals surface area contributed by atoms with E-state index in [1.54, 1.807) is 0 Å². The van der Waals surface area contributed by atoms with Crippen LogP contribution >= 0.6 is 0 Å². The van der Waals surface area contributed by atoms with Gasteiger partial charge in [0.05, 0.1) is 0 Å². The molecule has 0 aliphatic heterocycles. The number of hydrogen-bond acceptors (Lipinski definition) is 3. The van der Waals surface area contributed by atoms with Gasteiger partial charge in [-0.3, -0.25) is 0 Å². The predicted molar refractivity (Wildman–Crippen MR) is 97.2 cm³/mol. The summed E-state index contributed by atoms with van der Waals surface area (Å²) >= 11 is 0. The fourth-order valence-electron chi connectivity index (χ4n) is 2.44. The molecule has 0 saturated carbocycles. The van der Waals surface area contributed by atoms with Gasteiger partial charge < -0.3 is 15.0 Å². The van der Waals surface area contributed by atoms with Gasteiger partial charge in [0, 0.05) is 6.04 Å². The van der Waals surface area contributed by atoms with Gasteiger partial charge in [-0.15, -0.1) is 0 Å². The molecular formula is C20H28N2O. The number of rotatable bonds is 9. The Balaban J connectivity index is 1.77. The second-order valence-electron chi connectivity index (χ2n) is 6.17. The third kappa shape index (κ3) is 6.43. The van der Waals surface area contributed by atoms with Crippen LogP contribution in [0.15, 0.2) is 54.6 Å². The van der Waals surface area contributed by atoms with Crippen LogP contribution in [0.25, 0.3) is 0 Å². The van der Waals surface area contributed by atoms with E-state index in [0.717, 1.165) is 24.6 Å². The van der Waals surface area contributed by atoms with E-state index in [9.17, 15) is 0 Å². The lowest BCUT2D eigenvalue weighted by atomic mass is 10.1. The van der Waals surface area contributed by atoms with Crippen molar-refractivity contribution in [3.8, 4) is 11.5 Å². The van der Waals surface area contributed by atoms with E-state index in [1.807, 2.05) is 42.5 Å². The van der Waals surface area contributed by atoms with Gasteiger partial charge in [-0.25, -0.2) is 0 Å². The predicted octanol–water partition coefficient (Wildman–Crippen LogP) is 4.47. The lowest BCUT2D eigenvalue weighted by molar-refractivity contribution is 0.389. The maximum absolute atomic E-state index is 5.82. The number of nitrogens with zero attached hydrogens (tertiary/aromatic N) is 1. The molecule has 0 radical (unpaired) electrons. The van der Waals surface area contributed by atoms with Crippen LogP contribution < -0.4 is 10.1 Å². The van der Waals surface area contributed by atoms with Crippen LogP contribution in [-0.4, -0.2) is 32.1 Å². The maximum Gasteiger partial charge on any atom is 0.127 e. The van der Waals surface area contributed by atoms with Crippen LogP contribution in [-0.2, 0) is 0 Å². The quantitative estimate of drug-likeness (QED) is 0.691. The van der Waals surface area contributed by atoms with Crippen molar-refractivity contribution >= 4 is 0 Å². The average Bonchev–Trinajstić information content (AvgIpc) is 2.56. The molecule has 2 aromatic rings. The molecular weight excluding hydrogens is 284 g/mol. The van der Waals surface area contributed by atoms with Crippen LogP contribution in [0.4, 0.5) is 0 Å². The van der Waals surface area contributed by atoms with E-state index in [-0.39, 0.29) is 0 Å². The fourth-order valence-corrected chi connectivity index (χ4v) is 2.44. The normalized spacial score (nSPS) is 12.3. The SMILES string of the molecule is CC(NCCCCN(C)C)c1ccc(Oc2ccccc2)cc1. The third-order valence-electron chi connectivity index (χ3n) is 3.84. The van der Waals surface area contributed by atoms with Gasteiger partial charge in [-0.2, -0.15) is 0 Å². The van der Waals surface area contributed by atoms with E-state index in [1.165, 1.54) is 18.4 Å². The number of hydrogen-bond donors (Lipinski definition) is 1. The summed E-state index contributed by atoms with van der Waals surface area (Å²) in [6.07, 6.45) is 2.44. The molecule has 1 N–H and O–H groups in total. The van der Waals surface area contributed by atoms with Crippen LogP contribution in [0.3, 0.4) is 0 Å². The summed E-state index contributed by atoms with van der Waals surface area (Å²) in [5.41, 5.74) is 1.29. The van der Waals surface area contributed by atoms with Crippen LogP contribution in [0.1, 0.15) is 31.4 Å². The summed E-state index contributed by atoms with van der Waals surface area (Å²) in [6, 6.07) is 18.6. The molecule has 0 heterocycles. The molecule has 23 heavy (non-hydrogen) atoms. The minimum Gasteiger partial charge on any atom is -0.457 e. The van der Waals surface area contributed by atoms with E-state index >= 15 is 0 Å². The Morgan fingerprint density at radius 1 is 0.913 bits per heavy atom. The Morgan fingerprint density at radius 2 is 1.57 bits per heavy atom. The van der Waals surface area contributed by atoms with E-state index in [0.29, 0.717) is 6.04 Å². The first-order valence-electron chi connectivity index (χ1n) is 8.36. The molecule has 1 atom stereocenters. The molecule has 2 rings (SSSR count). The first kappa shape index (κ1) is 17.5. The Morgan fingerprint density at radius 3 is 2.22 bits per heavy atom. The summed E-state index contributed by atoms with van der Waals surface area (Å²) in [5.74, 6) is 1.74. The van der Waals surface area contributed by atoms with E-state index in [2.05, 4.69) is 43.4 Å². The number of nitrogens with one attached hydrogen (secondary N) is 1.